The van der Waals surface area contributed by atoms with Crippen molar-refractivity contribution in [3.63, 3.8) is 0 Å². The van der Waals surface area contributed by atoms with E-state index in [4.69, 9.17) is 4.42 Å². The van der Waals surface area contributed by atoms with Crippen LogP contribution in [0.4, 0.5) is 0 Å². The fourth-order valence-corrected chi connectivity index (χ4v) is 2.20. The van der Waals surface area contributed by atoms with Gasteiger partial charge in [0.05, 0.1) is 0 Å². The van der Waals surface area contributed by atoms with Gasteiger partial charge in [-0.3, -0.25) is 0 Å². The number of fused-ring (bicyclic) bond motifs is 1. The van der Waals surface area contributed by atoms with E-state index in [1.54, 1.807) is 6.07 Å². The standard InChI is InChI=1S/C17H22O2/c1-11-8-14-13(6-7-17(3,4)5)10-16(18)19-15(14)9-12(11)2/h8-10H,6-7H2,1-5H3. The molecule has 1 heterocycles. The number of benzene rings is 1. The van der Waals surface area contributed by atoms with Gasteiger partial charge < -0.3 is 4.42 Å². The molecule has 0 amide bonds. The van der Waals surface area contributed by atoms with E-state index in [9.17, 15) is 4.79 Å². The zero-order valence-electron chi connectivity index (χ0n) is 12.5. The maximum absolute atomic E-state index is 11.7. The molecular weight excluding hydrogens is 236 g/mol. The zero-order valence-corrected chi connectivity index (χ0v) is 12.5. The van der Waals surface area contributed by atoms with Crippen LogP contribution in [-0.2, 0) is 6.42 Å². The van der Waals surface area contributed by atoms with Crippen LogP contribution in [0.15, 0.2) is 27.4 Å². The molecule has 0 spiro atoms. The van der Waals surface area contributed by atoms with Crippen LogP contribution >= 0.6 is 0 Å². The van der Waals surface area contributed by atoms with Crippen molar-refractivity contribution in [3.05, 3.63) is 45.3 Å². The topological polar surface area (TPSA) is 30.2 Å². The first-order valence-electron chi connectivity index (χ1n) is 6.80. The van der Waals surface area contributed by atoms with Crippen LogP contribution in [0.1, 0.15) is 43.9 Å². The number of hydrogen-bond acceptors (Lipinski definition) is 2. The van der Waals surface area contributed by atoms with Gasteiger partial charge in [0, 0.05) is 11.5 Å². The monoisotopic (exact) mass is 258 g/mol. The van der Waals surface area contributed by atoms with Gasteiger partial charge in [-0.25, -0.2) is 4.79 Å². The molecule has 0 saturated carbocycles. The van der Waals surface area contributed by atoms with Crippen molar-refractivity contribution in [2.24, 2.45) is 5.41 Å². The minimum atomic E-state index is -0.250. The van der Waals surface area contributed by atoms with Crippen LogP contribution in [0.2, 0.25) is 0 Å². The van der Waals surface area contributed by atoms with E-state index in [1.807, 2.05) is 13.0 Å². The van der Waals surface area contributed by atoms with E-state index >= 15 is 0 Å². The first-order chi connectivity index (χ1) is 8.76. The third-order valence-corrected chi connectivity index (χ3v) is 3.59. The molecular formula is C17H22O2. The molecule has 0 radical (unpaired) electrons. The molecule has 0 aliphatic heterocycles. The quantitative estimate of drug-likeness (QED) is 0.748. The Balaban J connectivity index is 2.53. The lowest BCUT2D eigenvalue weighted by atomic mass is 9.88. The Morgan fingerprint density at radius 3 is 2.32 bits per heavy atom. The van der Waals surface area contributed by atoms with Crippen molar-refractivity contribution in [1.82, 2.24) is 0 Å². The smallest absolute Gasteiger partial charge is 0.336 e. The summed E-state index contributed by atoms with van der Waals surface area (Å²) in [5.74, 6) is 0. The predicted octanol–water partition coefficient (Wildman–Crippen LogP) is 4.39. The van der Waals surface area contributed by atoms with Gasteiger partial charge in [0.1, 0.15) is 5.58 Å². The molecule has 1 aromatic carbocycles. The summed E-state index contributed by atoms with van der Waals surface area (Å²) in [5.41, 5.74) is 4.22. The highest BCUT2D eigenvalue weighted by atomic mass is 16.4. The van der Waals surface area contributed by atoms with Crippen molar-refractivity contribution >= 4 is 11.0 Å². The van der Waals surface area contributed by atoms with E-state index in [2.05, 4.69) is 33.8 Å². The van der Waals surface area contributed by atoms with E-state index in [0.717, 1.165) is 29.4 Å². The van der Waals surface area contributed by atoms with Crippen molar-refractivity contribution in [2.45, 2.75) is 47.5 Å². The Hall–Kier alpha value is -1.57. The van der Waals surface area contributed by atoms with Crippen LogP contribution in [0.3, 0.4) is 0 Å². The first kappa shape index (κ1) is 13.9. The fraction of sp³-hybridized carbons (Fsp3) is 0.471. The molecule has 0 saturated heterocycles. The summed E-state index contributed by atoms with van der Waals surface area (Å²) < 4.78 is 5.31. The lowest BCUT2D eigenvalue weighted by Crippen LogP contribution is -2.08. The minimum Gasteiger partial charge on any atom is -0.423 e. The highest BCUT2D eigenvalue weighted by Gasteiger charge is 2.13. The van der Waals surface area contributed by atoms with Crippen LogP contribution in [0.5, 0.6) is 0 Å². The molecule has 102 valence electrons. The number of aryl methyl sites for hydroxylation is 3. The summed E-state index contributed by atoms with van der Waals surface area (Å²) in [7, 11) is 0. The van der Waals surface area contributed by atoms with Crippen LogP contribution < -0.4 is 5.63 Å². The van der Waals surface area contributed by atoms with Crippen molar-refractivity contribution in [1.29, 1.82) is 0 Å². The van der Waals surface area contributed by atoms with Crippen LogP contribution in [0.25, 0.3) is 11.0 Å². The highest BCUT2D eigenvalue weighted by Crippen LogP contribution is 2.26. The van der Waals surface area contributed by atoms with Gasteiger partial charge in [0.15, 0.2) is 0 Å². The average Bonchev–Trinajstić information content (AvgIpc) is 2.27. The summed E-state index contributed by atoms with van der Waals surface area (Å²) in [5, 5.41) is 1.08. The average molecular weight is 258 g/mol. The third kappa shape index (κ3) is 3.25. The molecule has 2 rings (SSSR count). The molecule has 0 N–H and O–H groups in total. The molecule has 0 atom stereocenters. The Labute approximate surface area is 114 Å². The summed E-state index contributed by atoms with van der Waals surface area (Å²) in [4.78, 5) is 11.7. The molecule has 2 aromatic rings. The second-order valence-corrected chi connectivity index (χ2v) is 6.58. The lowest BCUT2D eigenvalue weighted by molar-refractivity contribution is 0.378. The van der Waals surface area contributed by atoms with Gasteiger partial charge in [-0.1, -0.05) is 20.8 Å². The van der Waals surface area contributed by atoms with Gasteiger partial charge in [0.2, 0.25) is 0 Å². The largest absolute Gasteiger partial charge is 0.423 e. The molecule has 2 nitrogen and oxygen atoms in total. The molecule has 0 unspecified atom stereocenters. The van der Waals surface area contributed by atoms with E-state index < -0.39 is 0 Å². The molecule has 19 heavy (non-hydrogen) atoms. The van der Waals surface area contributed by atoms with Crippen LogP contribution in [-0.4, -0.2) is 0 Å². The number of rotatable bonds is 2. The highest BCUT2D eigenvalue weighted by molar-refractivity contribution is 5.81. The Morgan fingerprint density at radius 1 is 1.05 bits per heavy atom. The minimum absolute atomic E-state index is 0.250. The molecule has 0 aliphatic rings. The maximum atomic E-state index is 11.7. The maximum Gasteiger partial charge on any atom is 0.336 e. The van der Waals surface area contributed by atoms with Gasteiger partial charge in [-0.2, -0.15) is 0 Å². The van der Waals surface area contributed by atoms with E-state index in [-0.39, 0.29) is 11.0 Å². The SMILES string of the molecule is Cc1cc2oc(=O)cc(CCC(C)(C)C)c2cc1C. The van der Waals surface area contributed by atoms with Crippen molar-refractivity contribution in [2.75, 3.05) is 0 Å². The van der Waals surface area contributed by atoms with Gasteiger partial charge in [0.25, 0.3) is 0 Å². The molecule has 0 bridgehead atoms. The third-order valence-electron chi connectivity index (χ3n) is 3.59. The van der Waals surface area contributed by atoms with E-state index in [1.165, 1.54) is 5.56 Å². The van der Waals surface area contributed by atoms with Crippen molar-refractivity contribution < 1.29 is 4.42 Å². The summed E-state index contributed by atoms with van der Waals surface area (Å²) in [6.45, 7) is 10.8. The Kier molecular flexibility index (Phi) is 3.53. The van der Waals surface area contributed by atoms with Gasteiger partial charge in [-0.15, -0.1) is 0 Å². The molecule has 0 fully saturated rings. The molecule has 2 heteroatoms. The van der Waals surface area contributed by atoms with Crippen LogP contribution in [0, 0.1) is 19.3 Å². The number of hydrogen-bond donors (Lipinski definition) is 0. The molecule has 1 aromatic heterocycles. The lowest BCUT2D eigenvalue weighted by Gasteiger charge is -2.18. The molecule has 0 aliphatic carbocycles. The second-order valence-electron chi connectivity index (χ2n) is 6.58. The Morgan fingerprint density at radius 2 is 1.68 bits per heavy atom. The fourth-order valence-electron chi connectivity index (χ4n) is 2.20. The normalized spacial score (nSPS) is 12.1. The zero-order chi connectivity index (χ0) is 14.2. The van der Waals surface area contributed by atoms with Gasteiger partial charge in [-0.05, 0) is 60.9 Å². The second kappa shape index (κ2) is 4.84. The van der Waals surface area contributed by atoms with Crippen molar-refractivity contribution in [3.8, 4) is 0 Å². The summed E-state index contributed by atoms with van der Waals surface area (Å²) >= 11 is 0. The predicted molar refractivity (Wildman–Crippen MR) is 79.7 cm³/mol. The summed E-state index contributed by atoms with van der Waals surface area (Å²) in [6, 6.07) is 5.74. The first-order valence-corrected chi connectivity index (χ1v) is 6.80. The van der Waals surface area contributed by atoms with Gasteiger partial charge >= 0.3 is 5.63 Å². The Bertz CT molecular complexity index is 657. The van der Waals surface area contributed by atoms with E-state index in [0.29, 0.717) is 5.58 Å². The summed E-state index contributed by atoms with van der Waals surface area (Å²) in [6.07, 6.45) is 1.96.